The summed E-state index contributed by atoms with van der Waals surface area (Å²) in [6, 6.07) is 10.8. The van der Waals surface area contributed by atoms with Crippen molar-refractivity contribution in [3.05, 3.63) is 66.7 Å². The number of halogens is 1. The highest BCUT2D eigenvalue weighted by Crippen LogP contribution is 2.36. The quantitative estimate of drug-likeness (QED) is 0.279. The molecule has 2 unspecified atom stereocenters. The molecular formula is C29H33FN8O3S. The minimum atomic E-state index is -3.64. The Bertz CT molecular complexity index is 1690. The van der Waals surface area contributed by atoms with Gasteiger partial charge < -0.3 is 20.2 Å². The molecule has 4 aromatic rings. The Labute approximate surface area is 243 Å². The van der Waals surface area contributed by atoms with Crippen molar-refractivity contribution in [3.8, 4) is 0 Å². The van der Waals surface area contributed by atoms with E-state index in [1.807, 2.05) is 12.3 Å². The first kappa shape index (κ1) is 28.2. The average Bonchev–Trinajstić information content (AvgIpc) is 2.96. The Kier molecular flexibility index (Phi) is 7.64. The van der Waals surface area contributed by atoms with Crippen LogP contribution < -0.4 is 19.8 Å². The van der Waals surface area contributed by atoms with Gasteiger partial charge in [0.2, 0.25) is 16.0 Å². The first-order valence-corrected chi connectivity index (χ1v) is 15.4. The van der Waals surface area contributed by atoms with E-state index in [0.29, 0.717) is 43.6 Å². The fraction of sp³-hybridized carbons (Fsp3) is 0.379. The molecule has 2 aliphatic rings. The van der Waals surface area contributed by atoms with Crippen molar-refractivity contribution in [2.75, 3.05) is 41.3 Å². The fourth-order valence-electron chi connectivity index (χ4n) is 5.41. The molecule has 2 saturated heterocycles. The molecule has 2 aliphatic heterocycles. The topological polar surface area (TPSA) is 136 Å². The van der Waals surface area contributed by atoms with Crippen LogP contribution in [0.5, 0.6) is 0 Å². The number of alkyl halides is 1. The third kappa shape index (κ3) is 5.72. The van der Waals surface area contributed by atoms with Gasteiger partial charge in [0, 0.05) is 55.5 Å². The van der Waals surface area contributed by atoms with Crippen molar-refractivity contribution in [2.45, 2.75) is 49.4 Å². The number of piperidine rings is 1. The minimum Gasteiger partial charge on any atom is -0.390 e. The third-order valence-corrected chi connectivity index (χ3v) is 9.22. The standard InChI is InChI=1S/C29H33FN8O3S/c1-18(2)21-5-6-25(38-15-19(16-38)36-42(40,41)20-4-3-9-31-13-20)23-14-33-28(12-22(21)23)34-27-7-10-32-29(35-27)37-11-8-26(39)24(30)17-37/h3-7,9-10,12-14,18-19,24,26,36,39H,8,11,15-17H2,1-2H3,(H,32,33,34,35). The molecule has 0 saturated carbocycles. The van der Waals surface area contributed by atoms with Crippen LogP contribution in [0.2, 0.25) is 0 Å². The van der Waals surface area contributed by atoms with E-state index in [-0.39, 0.29) is 23.4 Å². The normalized spacial score (nSPS) is 19.7. The van der Waals surface area contributed by atoms with Crippen LogP contribution in [0.15, 0.2) is 66.1 Å². The molecule has 42 heavy (non-hydrogen) atoms. The van der Waals surface area contributed by atoms with E-state index >= 15 is 0 Å². The Balaban J connectivity index is 1.21. The summed E-state index contributed by atoms with van der Waals surface area (Å²) in [5.41, 5.74) is 2.15. The number of pyridine rings is 2. The van der Waals surface area contributed by atoms with Crippen molar-refractivity contribution in [1.82, 2.24) is 24.7 Å². The SMILES string of the molecule is CC(C)c1ccc(N2CC(NS(=O)(=O)c3cccnc3)C2)c2cnc(Nc3ccnc(N4CCC(O)C(F)C4)n3)cc12. The molecule has 3 N–H and O–H groups in total. The molecule has 2 atom stereocenters. The van der Waals surface area contributed by atoms with Gasteiger partial charge in [-0.25, -0.2) is 27.5 Å². The van der Waals surface area contributed by atoms with E-state index in [2.05, 4.69) is 60.9 Å². The van der Waals surface area contributed by atoms with Crippen LogP contribution in [0.3, 0.4) is 0 Å². The lowest BCUT2D eigenvalue weighted by Crippen LogP contribution is -2.59. The Hall–Kier alpha value is -3.94. The summed E-state index contributed by atoms with van der Waals surface area (Å²) in [6.07, 6.45) is 4.35. The number of aliphatic hydroxyl groups excluding tert-OH is 1. The van der Waals surface area contributed by atoms with Crippen LogP contribution in [0.4, 0.5) is 27.7 Å². The maximum absolute atomic E-state index is 14.1. The number of hydrogen-bond donors (Lipinski definition) is 3. The number of rotatable bonds is 8. The number of nitrogens with one attached hydrogen (secondary N) is 2. The predicted molar refractivity (Wildman–Crippen MR) is 159 cm³/mol. The van der Waals surface area contributed by atoms with Crippen LogP contribution in [0.25, 0.3) is 10.8 Å². The highest BCUT2D eigenvalue weighted by Gasteiger charge is 2.32. The van der Waals surface area contributed by atoms with Crippen molar-refractivity contribution < 1.29 is 17.9 Å². The van der Waals surface area contributed by atoms with Crippen LogP contribution in [0.1, 0.15) is 31.7 Å². The lowest BCUT2D eigenvalue weighted by atomic mass is 9.94. The Morgan fingerprint density at radius 3 is 2.57 bits per heavy atom. The van der Waals surface area contributed by atoms with Crippen LogP contribution in [0, 0.1) is 0 Å². The molecule has 0 aliphatic carbocycles. The van der Waals surface area contributed by atoms with Gasteiger partial charge in [0.1, 0.15) is 22.7 Å². The number of benzene rings is 1. The minimum absolute atomic E-state index is 0.0433. The van der Waals surface area contributed by atoms with E-state index in [1.54, 1.807) is 29.4 Å². The van der Waals surface area contributed by atoms with E-state index in [0.717, 1.165) is 22.0 Å². The van der Waals surface area contributed by atoms with Crippen LogP contribution in [-0.2, 0) is 10.0 Å². The zero-order valence-electron chi connectivity index (χ0n) is 23.4. The molecule has 2 fully saturated rings. The van der Waals surface area contributed by atoms with Crippen LogP contribution >= 0.6 is 0 Å². The number of aliphatic hydroxyl groups is 1. The van der Waals surface area contributed by atoms with Gasteiger partial charge in [-0.3, -0.25) is 4.98 Å². The van der Waals surface area contributed by atoms with Gasteiger partial charge in [0.25, 0.3) is 0 Å². The Morgan fingerprint density at radius 1 is 1.00 bits per heavy atom. The van der Waals surface area contributed by atoms with E-state index < -0.39 is 22.3 Å². The summed E-state index contributed by atoms with van der Waals surface area (Å²) >= 11 is 0. The van der Waals surface area contributed by atoms with Gasteiger partial charge in [-0.2, -0.15) is 4.98 Å². The highest BCUT2D eigenvalue weighted by atomic mass is 32.2. The van der Waals surface area contributed by atoms with Gasteiger partial charge in [0.05, 0.1) is 18.7 Å². The van der Waals surface area contributed by atoms with Crippen molar-refractivity contribution in [2.24, 2.45) is 0 Å². The monoisotopic (exact) mass is 592 g/mol. The summed E-state index contributed by atoms with van der Waals surface area (Å²) in [5.74, 6) is 1.80. The van der Waals surface area contributed by atoms with Crippen molar-refractivity contribution in [1.29, 1.82) is 0 Å². The van der Waals surface area contributed by atoms with Crippen LogP contribution in [-0.4, -0.2) is 78.0 Å². The lowest BCUT2D eigenvalue weighted by molar-refractivity contribution is 0.0612. The maximum Gasteiger partial charge on any atom is 0.242 e. The second-order valence-electron chi connectivity index (χ2n) is 11.0. The maximum atomic E-state index is 14.1. The largest absolute Gasteiger partial charge is 0.390 e. The van der Waals surface area contributed by atoms with Gasteiger partial charge in [-0.1, -0.05) is 19.9 Å². The summed E-state index contributed by atoms with van der Waals surface area (Å²) in [6.45, 7) is 5.86. The molecule has 1 aromatic carbocycles. The zero-order chi connectivity index (χ0) is 29.4. The molecule has 220 valence electrons. The molecule has 13 heteroatoms. The third-order valence-electron chi connectivity index (χ3n) is 7.71. The van der Waals surface area contributed by atoms with Gasteiger partial charge in [-0.05, 0) is 53.6 Å². The summed E-state index contributed by atoms with van der Waals surface area (Å²) in [5, 5.41) is 15.0. The van der Waals surface area contributed by atoms with Gasteiger partial charge in [0.15, 0.2) is 0 Å². The number of hydrogen-bond acceptors (Lipinski definition) is 10. The molecule has 6 rings (SSSR count). The molecule has 0 amide bonds. The van der Waals surface area contributed by atoms with E-state index in [1.165, 1.54) is 12.3 Å². The molecule has 5 heterocycles. The Morgan fingerprint density at radius 2 is 1.83 bits per heavy atom. The number of nitrogens with zero attached hydrogens (tertiary/aromatic N) is 6. The number of aromatic nitrogens is 4. The second-order valence-corrected chi connectivity index (χ2v) is 12.8. The first-order chi connectivity index (χ1) is 20.2. The first-order valence-electron chi connectivity index (χ1n) is 13.9. The van der Waals surface area contributed by atoms with Gasteiger partial charge in [-0.15, -0.1) is 0 Å². The number of sulfonamides is 1. The summed E-state index contributed by atoms with van der Waals surface area (Å²) in [4.78, 5) is 21.5. The summed E-state index contributed by atoms with van der Waals surface area (Å²) in [7, 11) is -3.64. The summed E-state index contributed by atoms with van der Waals surface area (Å²) < 4.78 is 42.3. The van der Waals surface area contributed by atoms with Crippen molar-refractivity contribution in [3.63, 3.8) is 0 Å². The van der Waals surface area contributed by atoms with Gasteiger partial charge >= 0.3 is 0 Å². The average molecular weight is 593 g/mol. The van der Waals surface area contributed by atoms with E-state index in [9.17, 15) is 17.9 Å². The van der Waals surface area contributed by atoms with E-state index in [4.69, 9.17) is 0 Å². The zero-order valence-corrected chi connectivity index (χ0v) is 24.2. The molecular weight excluding hydrogens is 559 g/mol. The molecule has 0 radical (unpaired) electrons. The predicted octanol–water partition coefficient (Wildman–Crippen LogP) is 3.36. The number of fused-ring (bicyclic) bond motifs is 1. The molecule has 0 bridgehead atoms. The smallest absolute Gasteiger partial charge is 0.242 e. The molecule has 11 nitrogen and oxygen atoms in total. The lowest BCUT2D eigenvalue weighted by Gasteiger charge is -2.41. The molecule has 3 aromatic heterocycles. The highest BCUT2D eigenvalue weighted by molar-refractivity contribution is 7.89. The van der Waals surface area contributed by atoms with Crippen molar-refractivity contribution >= 4 is 44.1 Å². The molecule has 0 spiro atoms. The number of anilines is 4. The second kappa shape index (κ2) is 11.4. The fourth-order valence-corrected chi connectivity index (χ4v) is 6.59.